The molecule has 0 N–H and O–H groups in total. The van der Waals surface area contributed by atoms with E-state index in [4.69, 9.17) is 16.3 Å². The van der Waals surface area contributed by atoms with Crippen molar-refractivity contribution in [2.24, 2.45) is 0 Å². The van der Waals surface area contributed by atoms with E-state index in [1.165, 1.54) is 11.8 Å². The molecule has 0 aliphatic rings. The number of alkyl halides is 1. The van der Waals surface area contributed by atoms with Gasteiger partial charge in [-0.2, -0.15) is 0 Å². The van der Waals surface area contributed by atoms with Crippen LogP contribution in [0.3, 0.4) is 0 Å². The van der Waals surface area contributed by atoms with E-state index in [-0.39, 0.29) is 10.3 Å². The van der Waals surface area contributed by atoms with Crippen molar-refractivity contribution in [2.45, 2.75) is 17.1 Å². The second-order valence-electron chi connectivity index (χ2n) is 4.75. The molecule has 0 saturated heterocycles. The summed E-state index contributed by atoms with van der Waals surface area (Å²) >= 11 is 7.03. The molecular formula is C16H17ClO3S2. The molecule has 3 nitrogen and oxygen atoms in total. The molecule has 0 bridgehead atoms. The largest absolute Gasteiger partial charge is 0.457 e. The fourth-order valence-electron chi connectivity index (χ4n) is 1.66. The fraction of sp³-hybridized carbons (Fsp3) is 0.250. The molecule has 118 valence electrons. The third kappa shape index (κ3) is 4.93. The Hall–Kier alpha value is -1.17. The van der Waals surface area contributed by atoms with Crippen molar-refractivity contribution in [1.82, 2.24) is 0 Å². The Labute approximate surface area is 140 Å². The summed E-state index contributed by atoms with van der Waals surface area (Å²) in [6.07, 6.45) is 0. The topological polar surface area (TPSA) is 43.4 Å². The number of halogens is 1. The fourth-order valence-corrected chi connectivity index (χ4v) is 4.76. The normalized spacial score (nSPS) is 12.8. The summed E-state index contributed by atoms with van der Waals surface area (Å²) in [5, 5.41) is 0.136. The number of ether oxygens (including phenoxy) is 1. The summed E-state index contributed by atoms with van der Waals surface area (Å²) in [6.45, 7) is 1.91. The Morgan fingerprint density at radius 1 is 1.05 bits per heavy atom. The third-order valence-electron chi connectivity index (χ3n) is 2.89. The Balaban J connectivity index is 2.05. The monoisotopic (exact) mass is 356 g/mol. The van der Waals surface area contributed by atoms with Gasteiger partial charge < -0.3 is 4.74 Å². The molecule has 2 aromatic rings. The molecule has 0 fully saturated rings. The zero-order valence-corrected chi connectivity index (χ0v) is 14.5. The molecular weight excluding hydrogens is 340 g/mol. The first-order valence-corrected chi connectivity index (χ1v) is 9.98. The van der Waals surface area contributed by atoms with Crippen LogP contribution in [0.5, 0.6) is 11.5 Å². The van der Waals surface area contributed by atoms with Crippen LogP contribution in [0.25, 0.3) is 0 Å². The summed E-state index contributed by atoms with van der Waals surface area (Å²) < 4.78 is 30.1. The first-order valence-electron chi connectivity index (χ1n) is 6.74. The standard InChI is InChI=1S/C16H17ClO3S2/c1-13(11-17)21-12-22(18,19)16-9-7-15(8-10-16)20-14-5-3-2-4-6-14/h2-10,13H,11-12H2,1H3. The Kier molecular flexibility index (Phi) is 6.17. The summed E-state index contributed by atoms with van der Waals surface area (Å²) in [4.78, 5) is 0.294. The van der Waals surface area contributed by atoms with Gasteiger partial charge in [0.15, 0.2) is 9.84 Å². The Morgan fingerprint density at radius 2 is 1.64 bits per heavy atom. The highest BCUT2D eigenvalue weighted by Gasteiger charge is 2.16. The molecule has 0 aromatic heterocycles. The SMILES string of the molecule is CC(CCl)SCS(=O)(=O)c1ccc(Oc2ccccc2)cc1. The molecule has 2 aromatic carbocycles. The molecule has 0 aliphatic carbocycles. The maximum absolute atomic E-state index is 12.2. The van der Waals surface area contributed by atoms with Gasteiger partial charge in [0.1, 0.15) is 16.6 Å². The average molecular weight is 357 g/mol. The lowest BCUT2D eigenvalue weighted by Crippen LogP contribution is -2.08. The predicted octanol–water partition coefficient (Wildman–Crippen LogP) is 4.57. The Bertz CT molecular complexity index is 685. The van der Waals surface area contributed by atoms with E-state index in [1.54, 1.807) is 24.3 Å². The summed E-state index contributed by atoms with van der Waals surface area (Å²) in [7, 11) is -3.31. The molecule has 0 spiro atoms. The molecule has 0 radical (unpaired) electrons. The Morgan fingerprint density at radius 3 is 2.23 bits per heavy atom. The second kappa shape index (κ2) is 7.90. The molecule has 6 heteroatoms. The van der Waals surface area contributed by atoms with Gasteiger partial charge in [-0.05, 0) is 36.4 Å². The van der Waals surface area contributed by atoms with Gasteiger partial charge in [0.05, 0.1) is 4.90 Å². The predicted molar refractivity (Wildman–Crippen MR) is 92.8 cm³/mol. The molecule has 22 heavy (non-hydrogen) atoms. The highest BCUT2D eigenvalue weighted by atomic mass is 35.5. The number of benzene rings is 2. The van der Waals surface area contributed by atoms with E-state index >= 15 is 0 Å². The van der Waals surface area contributed by atoms with Gasteiger partial charge in [-0.3, -0.25) is 0 Å². The van der Waals surface area contributed by atoms with Crippen LogP contribution in [0, 0.1) is 0 Å². The quantitative estimate of drug-likeness (QED) is 0.681. The minimum Gasteiger partial charge on any atom is -0.457 e. The molecule has 0 amide bonds. The molecule has 0 heterocycles. The van der Waals surface area contributed by atoms with E-state index in [0.29, 0.717) is 22.3 Å². The summed E-state index contributed by atoms with van der Waals surface area (Å²) in [5.74, 6) is 1.75. The smallest absolute Gasteiger partial charge is 0.187 e. The lowest BCUT2D eigenvalue weighted by molar-refractivity contribution is 0.482. The number of hydrogen-bond acceptors (Lipinski definition) is 4. The van der Waals surface area contributed by atoms with Crippen LogP contribution in [-0.4, -0.2) is 24.6 Å². The lowest BCUT2D eigenvalue weighted by atomic mass is 10.3. The van der Waals surface area contributed by atoms with Crippen molar-refractivity contribution >= 4 is 33.2 Å². The van der Waals surface area contributed by atoms with E-state index in [0.717, 1.165) is 0 Å². The van der Waals surface area contributed by atoms with Crippen LogP contribution in [0.4, 0.5) is 0 Å². The van der Waals surface area contributed by atoms with Crippen LogP contribution in [0.15, 0.2) is 59.5 Å². The van der Waals surface area contributed by atoms with Crippen molar-refractivity contribution in [3.63, 3.8) is 0 Å². The van der Waals surface area contributed by atoms with Gasteiger partial charge >= 0.3 is 0 Å². The second-order valence-corrected chi connectivity index (χ2v) is 8.84. The van der Waals surface area contributed by atoms with Crippen LogP contribution < -0.4 is 4.74 Å². The summed E-state index contributed by atoms with van der Waals surface area (Å²) in [6, 6.07) is 15.8. The van der Waals surface area contributed by atoms with E-state index in [1.807, 2.05) is 37.3 Å². The van der Waals surface area contributed by atoms with Gasteiger partial charge in [0, 0.05) is 11.1 Å². The first-order chi connectivity index (χ1) is 10.5. The van der Waals surface area contributed by atoms with Crippen molar-refractivity contribution in [1.29, 1.82) is 0 Å². The number of thioether (sulfide) groups is 1. The molecule has 1 atom stereocenters. The number of rotatable bonds is 7. The van der Waals surface area contributed by atoms with Crippen LogP contribution in [-0.2, 0) is 9.84 Å². The van der Waals surface area contributed by atoms with E-state index < -0.39 is 9.84 Å². The average Bonchev–Trinajstić information content (AvgIpc) is 2.54. The van der Waals surface area contributed by atoms with Gasteiger partial charge in [-0.1, -0.05) is 25.1 Å². The molecule has 0 saturated carbocycles. The van der Waals surface area contributed by atoms with Gasteiger partial charge in [-0.25, -0.2) is 8.42 Å². The number of para-hydroxylation sites is 1. The van der Waals surface area contributed by atoms with E-state index in [9.17, 15) is 8.42 Å². The van der Waals surface area contributed by atoms with Gasteiger partial charge in [-0.15, -0.1) is 23.4 Å². The maximum atomic E-state index is 12.2. The molecule has 0 aliphatic heterocycles. The first kappa shape index (κ1) is 17.2. The molecule has 1 unspecified atom stereocenters. The van der Waals surface area contributed by atoms with Gasteiger partial charge in [0.25, 0.3) is 0 Å². The van der Waals surface area contributed by atoms with E-state index in [2.05, 4.69) is 0 Å². The highest BCUT2D eigenvalue weighted by Crippen LogP contribution is 2.25. The number of sulfone groups is 1. The van der Waals surface area contributed by atoms with Crippen LogP contribution in [0.2, 0.25) is 0 Å². The zero-order valence-electron chi connectivity index (χ0n) is 12.1. The van der Waals surface area contributed by atoms with Gasteiger partial charge in [0.2, 0.25) is 0 Å². The zero-order chi connectivity index (χ0) is 16.0. The lowest BCUT2D eigenvalue weighted by Gasteiger charge is -2.09. The van der Waals surface area contributed by atoms with Crippen molar-refractivity contribution in [3.05, 3.63) is 54.6 Å². The minimum absolute atomic E-state index is 0.0276. The summed E-state index contributed by atoms with van der Waals surface area (Å²) in [5.41, 5.74) is 0. The van der Waals surface area contributed by atoms with Crippen LogP contribution in [0.1, 0.15) is 6.92 Å². The highest BCUT2D eigenvalue weighted by molar-refractivity contribution is 8.12. The van der Waals surface area contributed by atoms with Crippen LogP contribution >= 0.6 is 23.4 Å². The maximum Gasteiger partial charge on any atom is 0.187 e. The van der Waals surface area contributed by atoms with Crippen molar-refractivity contribution < 1.29 is 13.2 Å². The minimum atomic E-state index is -3.31. The molecule has 2 rings (SSSR count). The third-order valence-corrected chi connectivity index (χ3v) is 7.04. The van der Waals surface area contributed by atoms with Crippen molar-refractivity contribution in [2.75, 3.05) is 11.0 Å². The number of hydrogen-bond donors (Lipinski definition) is 0. The van der Waals surface area contributed by atoms with Crippen molar-refractivity contribution in [3.8, 4) is 11.5 Å².